The zero-order valence-electron chi connectivity index (χ0n) is 23.7. The topological polar surface area (TPSA) is 117 Å². The molecule has 4 aromatic rings. The fourth-order valence-electron chi connectivity index (χ4n) is 4.83. The van der Waals surface area contributed by atoms with Crippen LogP contribution in [0.2, 0.25) is 5.02 Å². The van der Waals surface area contributed by atoms with Crippen LogP contribution in [0.1, 0.15) is 27.8 Å². The summed E-state index contributed by atoms with van der Waals surface area (Å²) in [6.07, 6.45) is 3.34. The molecular formula is C30H33ClN8O3. The van der Waals surface area contributed by atoms with Gasteiger partial charge in [0.2, 0.25) is 5.95 Å². The molecule has 0 radical (unpaired) electrons. The van der Waals surface area contributed by atoms with Crippen molar-refractivity contribution in [1.29, 1.82) is 0 Å². The number of nitrogens with one attached hydrogen (secondary N) is 3. The van der Waals surface area contributed by atoms with Crippen molar-refractivity contribution in [3.8, 4) is 11.4 Å². The molecule has 0 atom stereocenters. The number of aromatic nitrogens is 3. The van der Waals surface area contributed by atoms with Crippen molar-refractivity contribution in [1.82, 2.24) is 29.7 Å². The molecular weight excluding hydrogens is 556 g/mol. The van der Waals surface area contributed by atoms with Crippen molar-refractivity contribution in [2.45, 2.75) is 6.92 Å². The van der Waals surface area contributed by atoms with E-state index in [1.807, 2.05) is 52.1 Å². The molecule has 3 heterocycles. The van der Waals surface area contributed by atoms with Crippen LogP contribution in [0.15, 0.2) is 67.0 Å². The smallest absolute Gasteiger partial charge is 0.270 e. The molecule has 0 bridgehead atoms. The number of methoxy groups -OCH3 is 1. The Bertz CT molecular complexity index is 1580. The first-order valence-corrected chi connectivity index (χ1v) is 14.0. The number of nitrogens with zero attached hydrogens (tertiary/aromatic N) is 5. The summed E-state index contributed by atoms with van der Waals surface area (Å²) in [6.45, 7) is 6.30. The molecule has 0 aliphatic carbocycles. The van der Waals surface area contributed by atoms with Gasteiger partial charge in [-0.15, -0.1) is 0 Å². The summed E-state index contributed by atoms with van der Waals surface area (Å²) in [5.74, 6) is 0.904. The van der Waals surface area contributed by atoms with Crippen LogP contribution in [0.25, 0.3) is 5.69 Å². The van der Waals surface area contributed by atoms with Crippen LogP contribution in [0.3, 0.4) is 0 Å². The van der Waals surface area contributed by atoms with E-state index in [-0.39, 0.29) is 22.8 Å². The lowest BCUT2D eigenvalue weighted by Crippen LogP contribution is -2.48. The van der Waals surface area contributed by atoms with Crippen LogP contribution < -0.4 is 20.7 Å². The van der Waals surface area contributed by atoms with E-state index in [2.05, 4.69) is 37.7 Å². The van der Waals surface area contributed by atoms with Crippen LogP contribution in [0.4, 0.5) is 23.1 Å². The fourth-order valence-corrected chi connectivity index (χ4v) is 4.97. The average molecular weight is 589 g/mol. The Morgan fingerprint density at radius 1 is 1.00 bits per heavy atom. The second-order valence-electron chi connectivity index (χ2n) is 9.64. The van der Waals surface area contributed by atoms with E-state index >= 15 is 0 Å². The highest BCUT2D eigenvalue weighted by molar-refractivity contribution is 6.33. The van der Waals surface area contributed by atoms with Crippen molar-refractivity contribution in [2.75, 3.05) is 57.5 Å². The monoisotopic (exact) mass is 588 g/mol. The van der Waals surface area contributed by atoms with E-state index in [0.717, 1.165) is 25.3 Å². The predicted molar refractivity (Wildman–Crippen MR) is 164 cm³/mol. The predicted octanol–water partition coefficient (Wildman–Crippen LogP) is 4.55. The van der Waals surface area contributed by atoms with Gasteiger partial charge in [-0.1, -0.05) is 30.7 Å². The van der Waals surface area contributed by atoms with Gasteiger partial charge in [0.15, 0.2) is 5.82 Å². The lowest BCUT2D eigenvalue weighted by Gasteiger charge is -2.34. The molecule has 2 amide bonds. The van der Waals surface area contributed by atoms with Gasteiger partial charge in [-0.3, -0.25) is 9.59 Å². The van der Waals surface area contributed by atoms with E-state index in [4.69, 9.17) is 16.3 Å². The second-order valence-corrected chi connectivity index (χ2v) is 10.0. The summed E-state index contributed by atoms with van der Waals surface area (Å²) in [6, 6.07) is 16.4. The van der Waals surface area contributed by atoms with Gasteiger partial charge in [-0.2, -0.15) is 4.98 Å². The highest BCUT2D eigenvalue weighted by Gasteiger charge is 2.24. The highest BCUT2D eigenvalue weighted by atomic mass is 35.5. The maximum Gasteiger partial charge on any atom is 0.270 e. The first-order valence-electron chi connectivity index (χ1n) is 13.7. The standard InChI is InChI=1S/C30H33ClN8O3/c1-4-37-14-16-38(17-15-37)29(41)25-10-7-13-39(25)20-11-12-24(26(18-20)42-3)35-30-33-19-22(31)27(36-30)34-23-9-6-5-8-21(23)28(40)32-2/h5-13,18-19H,4,14-17H2,1-3H3,(H,32,40)(H2,33,34,35,36). The molecule has 12 heteroatoms. The summed E-state index contributed by atoms with van der Waals surface area (Å²) in [4.78, 5) is 38.7. The number of hydrogen-bond acceptors (Lipinski definition) is 8. The van der Waals surface area contributed by atoms with Gasteiger partial charge in [0, 0.05) is 51.2 Å². The maximum absolute atomic E-state index is 13.4. The van der Waals surface area contributed by atoms with E-state index in [0.29, 0.717) is 47.3 Å². The number of anilines is 4. The molecule has 5 rings (SSSR count). The third kappa shape index (κ3) is 6.17. The van der Waals surface area contributed by atoms with E-state index in [1.54, 1.807) is 32.4 Å². The number of benzene rings is 2. The Kier molecular flexibility index (Phi) is 8.89. The molecule has 1 fully saturated rings. The molecule has 0 unspecified atom stereocenters. The number of hydrogen-bond donors (Lipinski definition) is 3. The van der Waals surface area contributed by atoms with Gasteiger partial charge in [0.05, 0.1) is 30.2 Å². The molecule has 2 aromatic carbocycles. The minimum Gasteiger partial charge on any atom is -0.494 e. The lowest BCUT2D eigenvalue weighted by molar-refractivity contribution is 0.0635. The molecule has 1 aliphatic rings. The van der Waals surface area contributed by atoms with Crippen LogP contribution in [0.5, 0.6) is 5.75 Å². The molecule has 218 valence electrons. The molecule has 11 nitrogen and oxygen atoms in total. The Morgan fingerprint density at radius 3 is 2.52 bits per heavy atom. The number of carbonyl (C=O) groups is 2. The number of amides is 2. The van der Waals surface area contributed by atoms with Crippen LogP contribution >= 0.6 is 11.6 Å². The maximum atomic E-state index is 13.4. The SMILES string of the molecule is CCN1CCN(C(=O)c2cccn2-c2ccc(Nc3ncc(Cl)c(Nc4ccccc4C(=O)NC)n3)c(OC)c2)CC1. The summed E-state index contributed by atoms with van der Waals surface area (Å²) in [7, 11) is 3.14. The van der Waals surface area contributed by atoms with Crippen molar-refractivity contribution in [3.05, 3.63) is 83.3 Å². The fraction of sp³-hybridized carbons (Fsp3) is 0.267. The van der Waals surface area contributed by atoms with E-state index in [9.17, 15) is 9.59 Å². The molecule has 1 aliphatic heterocycles. The number of halogens is 1. The van der Waals surface area contributed by atoms with Crippen molar-refractivity contribution < 1.29 is 14.3 Å². The summed E-state index contributed by atoms with van der Waals surface area (Å²) < 4.78 is 7.55. The Morgan fingerprint density at radius 2 is 1.79 bits per heavy atom. The van der Waals surface area contributed by atoms with Crippen molar-refractivity contribution >= 4 is 46.6 Å². The normalized spacial score (nSPS) is 13.5. The Labute approximate surface area is 249 Å². The molecule has 1 saturated heterocycles. The van der Waals surface area contributed by atoms with Crippen molar-refractivity contribution in [3.63, 3.8) is 0 Å². The highest BCUT2D eigenvalue weighted by Crippen LogP contribution is 2.32. The summed E-state index contributed by atoms with van der Waals surface area (Å²) in [5, 5.41) is 9.23. The average Bonchev–Trinajstić information content (AvgIpc) is 3.52. The van der Waals surface area contributed by atoms with Crippen LogP contribution in [-0.2, 0) is 0 Å². The number of likely N-dealkylation sites (N-methyl/N-ethyl adjacent to an activating group) is 1. The third-order valence-corrected chi connectivity index (χ3v) is 7.46. The number of carbonyl (C=O) groups excluding carboxylic acids is 2. The molecule has 0 saturated carbocycles. The first kappa shape index (κ1) is 28.9. The van der Waals surface area contributed by atoms with Gasteiger partial charge in [0.25, 0.3) is 11.8 Å². The van der Waals surface area contributed by atoms with Crippen molar-refractivity contribution in [2.24, 2.45) is 0 Å². The number of piperazine rings is 1. The Balaban J connectivity index is 1.36. The summed E-state index contributed by atoms with van der Waals surface area (Å²) >= 11 is 6.39. The van der Waals surface area contributed by atoms with Crippen LogP contribution in [0, 0.1) is 0 Å². The van der Waals surface area contributed by atoms with Gasteiger partial charge in [0.1, 0.15) is 16.5 Å². The van der Waals surface area contributed by atoms with E-state index in [1.165, 1.54) is 6.20 Å². The third-order valence-electron chi connectivity index (χ3n) is 7.18. The minimum absolute atomic E-state index is 0.00417. The first-order chi connectivity index (χ1) is 20.4. The zero-order chi connectivity index (χ0) is 29.6. The number of rotatable bonds is 9. The van der Waals surface area contributed by atoms with E-state index < -0.39 is 0 Å². The largest absolute Gasteiger partial charge is 0.494 e. The number of ether oxygens (including phenoxy) is 1. The molecule has 42 heavy (non-hydrogen) atoms. The lowest BCUT2D eigenvalue weighted by atomic mass is 10.1. The molecule has 3 N–H and O–H groups in total. The zero-order valence-corrected chi connectivity index (χ0v) is 24.5. The van der Waals surface area contributed by atoms with Gasteiger partial charge < -0.3 is 35.1 Å². The minimum atomic E-state index is -0.238. The molecule has 0 spiro atoms. The van der Waals surface area contributed by atoms with Gasteiger partial charge >= 0.3 is 0 Å². The van der Waals surface area contributed by atoms with Crippen LogP contribution in [-0.4, -0.2) is 83.0 Å². The number of para-hydroxylation sites is 1. The van der Waals surface area contributed by atoms with Gasteiger partial charge in [-0.25, -0.2) is 4.98 Å². The quantitative estimate of drug-likeness (QED) is 0.261. The molecule has 2 aromatic heterocycles. The Hall–Kier alpha value is -4.61. The summed E-state index contributed by atoms with van der Waals surface area (Å²) in [5.41, 5.74) is 3.00. The van der Waals surface area contributed by atoms with Gasteiger partial charge in [-0.05, 0) is 42.9 Å². The second kappa shape index (κ2) is 12.9.